The van der Waals surface area contributed by atoms with E-state index < -0.39 is 0 Å². The Kier molecular flexibility index (Phi) is 3.89. The van der Waals surface area contributed by atoms with Gasteiger partial charge in [-0.05, 0) is 42.0 Å². The van der Waals surface area contributed by atoms with Crippen LogP contribution >= 0.6 is 11.8 Å². The lowest BCUT2D eigenvalue weighted by Crippen LogP contribution is -2.27. The fraction of sp³-hybridized carbons (Fsp3) is 0.105. The highest BCUT2D eigenvalue weighted by atomic mass is 32.2. The van der Waals surface area contributed by atoms with Crippen LogP contribution in [0.4, 0.5) is 5.69 Å². The molecule has 1 saturated heterocycles. The lowest BCUT2D eigenvalue weighted by molar-refractivity contribution is -0.114. The zero-order valence-electron chi connectivity index (χ0n) is 13.5. The van der Waals surface area contributed by atoms with Crippen molar-refractivity contribution in [1.82, 2.24) is 0 Å². The monoisotopic (exact) mass is 353 g/mol. The molecular weight excluding hydrogens is 338 g/mol. The molecule has 2 aromatic carbocycles. The summed E-state index contributed by atoms with van der Waals surface area (Å²) in [5.41, 5.74) is 1.72. The second-order valence-electron chi connectivity index (χ2n) is 5.48. The van der Waals surface area contributed by atoms with Crippen molar-refractivity contribution in [1.29, 1.82) is 0 Å². The summed E-state index contributed by atoms with van der Waals surface area (Å²) in [4.78, 5) is 14.9. The van der Waals surface area contributed by atoms with Gasteiger partial charge in [0.15, 0.2) is 11.5 Å². The third-order valence-corrected chi connectivity index (χ3v) is 5.16. The van der Waals surface area contributed by atoms with E-state index in [0.29, 0.717) is 16.4 Å². The zero-order valence-corrected chi connectivity index (χ0v) is 14.3. The van der Waals surface area contributed by atoms with Gasteiger partial charge < -0.3 is 14.2 Å². The van der Waals surface area contributed by atoms with Crippen LogP contribution < -0.4 is 19.1 Å². The molecule has 1 fully saturated rings. The number of ether oxygens (including phenoxy) is 3. The number of carbonyl (C=O) groups excluding carboxylic acids is 1. The van der Waals surface area contributed by atoms with Crippen molar-refractivity contribution in [2.24, 2.45) is 0 Å². The molecule has 2 aliphatic rings. The normalized spacial score (nSPS) is 18.6. The molecule has 126 valence electrons. The molecule has 0 saturated carbocycles. The average molecular weight is 353 g/mol. The van der Waals surface area contributed by atoms with Gasteiger partial charge in [-0.15, -0.1) is 0 Å². The van der Waals surface area contributed by atoms with Crippen LogP contribution in [-0.2, 0) is 4.79 Å². The minimum Gasteiger partial charge on any atom is -0.497 e. The van der Waals surface area contributed by atoms with Crippen molar-refractivity contribution in [2.75, 3.05) is 12.0 Å². The van der Waals surface area contributed by atoms with Crippen LogP contribution in [0.1, 0.15) is 10.9 Å². The van der Waals surface area contributed by atoms with Crippen LogP contribution in [0.3, 0.4) is 0 Å². The topological polar surface area (TPSA) is 48.0 Å². The first-order valence-electron chi connectivity index (χ1n) is 7.63. The molecule has 0 bridgehead atoms. The predicted molar refractivity (Wildman–Crippen MR) is 96.8 cm³/mol. The van der Waals surface area contributed by atoms with Crippen LogP contribution in [0, 0.1) is 0 Å². The van der Waals surface area contributed by atoms with Gasteiger partial charge in [0, 0.05) is 5.69 Å². The van der Waals surface area contributed by atoms with Crippen molar-refractivity contribution < 1.29 is 19.0 Å². The fourth-order valence-electron chi connectivity index (χ4n) is 2.76. The minimum atomic E-state index is -0.215. The Morgan fingerprint density at radius 2 is 1.80 bits per heavy atom. The van der Waals surface area contributed by atoms with Gasteiger partial charge in [-0.1, -0.05) is 24.4 Å². The number of hydrogen-bond donors (Lipinski definition) is 0. The molecule has 1 amide bonds. The largest absolute Gasteiger partial charge is 0.497 e. The van der Waals surface area contributed by atoms with E-state index in [1.807, 2.05) is 42.5 Å². The van der Waals surface area contributed by atoms with E-state index in [1.165, 1.54) is 24.3 Å². The number of nitrogens with zero attached hydrogens (tertiary/aromatic N) is 1. The Labute approximate surface area is 149 Å². The predicted octanol–water partition coefficient (Wildman–Crippen LogP) is 4.23. The van der Waals surface area contributed by atoms with Crippen molar-refractivity contribution in [3.05, 3.63) is 72.0 Å². The number of carbonyl (C=O) groups is 1. The molecule has 6 heteroatoms. The molecule has 2 aromatic rings. The number of thioether (sulfide) groups is 1. The quantitative estimate of drug-likeness (QED) is 0.773. The highest BCUT2D eigenvalue weighted by Crippen LogP contribution is 2.48. The van der Waals surface area contributed by atoms with Gasteiger partial charge in [-0.3, -0.25) is 9.69 Å². The first-order chi connectivity index (χ1) is 12.2. The summed E-state index contributed by atoms with van der Waals surface area (Å²) in [7, 11) is 1.61. The van der Waals surface area contributed by atoms with E-state index >= 15 is 0 Å². The van der Waals surface area contributed by atoms with Crippen molar-refractivity contribution in [2.45, 2.75) is 5.37 Å². The Balaban J connectivity index is 1.72. The number of benzene rings is 2. The molecule has 5 nitrogen and oxygen atoms in total. The lowest BCUT2D eigenvalue weighted by Gasteiger charge is -2.25. The molecule has 0 aromatic heterocycles. The third kappa shape index (κ3) is 2.74. The second kappa shape index (κ2) is 6.22. The number of methoxy groups -OCH3 is 1. The van der Waals surface area contributed by atoms with Gasteiger partial charge in [0.1, 0.15) is 23.6 Å². The number of rotatable bonds is 3. The highest BCUT2D eigenvalue weighted by molar-refractivity contribution is 8.05. The van der Waals surface area contributed by atoms with Crippen molar-refractivity contribution in [3.8, 4) is 17.2 Å². The lowest BCUT2D eigenvalue weighted by atomic mass is 10.1. The summed E-state index contributed by atoms with van der Waals surface area (Å²) in [5, 5.41) is -0.215. The highest BCUT2D eigenvalue weighted by Gasteiger charge is 2.37. The van der Waals surface area contributed by atoms with Gasteiger partial charge in [-0.25, -0.2) is 0 Å². The van der Waals surface area contributed by atoms with E-state index in [4.69, 9.17) is 14.2 Å². The molecule has 1 atom stereocenters. The molecule has 0 radical (unpaired) electrons. The summed E-state index contributed by atoms with van der Waals surface area (Å²) in [6.07, 6.45) is 2.97. The van der Waals surface area contributed by atoms with E-state index in [-0.39, 0.29) is 11.3 Å². The Hall–Kier alpha value is -2.86. The Morgan fingerprint density at radius 3 is 2.52 bits per heavy atom. The molecule has 0 N–H and O–H groups in total. The van der Waals surface area contributed by atoms with E-state index in [1.54, 1.807) is 12.0 Å². The summed E-state index contributed by atoms with van der Waals surface area (Å²) >= 11 is 1.43. The number of hydrogen-bond acceptors (Lipinski definition) is 5. The maximum Gasteiger partial charge on any atom is 0.265 e. The maximum absolute atomic E-state index is 12.6. The third-order valence-electron chi connectivity index (χ3n) is 3.99. The van der Waals surface area contributed by atoms with Crippen LogP contribution in [0.15, 0.2) is 66.5 Å². The van der Waals surface area contributed by atoms with Gasteiger partial charge in [0.25, 0.3) is 5.91 Å². The van der Waals surface area contributed by atoms with Crippen molar-refractivity contribution in [3.63, 3.8) is 0 Å². The molecule has 25 heavy (non-hydrogen) atoms. The van der Waals surface area contributed by atoms with Crippen molar-refractivity contribution >= 4 is 23.4 Å². The van der Waals surface area contributed by atoms with E-state index in [9.17, 15) is 4.79 Å². The molecule has 0 aliphatic carbocycles. The van der Waals surface area contributed by atoms with Gasteiger partial charge in [-0.2, -0.15) is 0 Å². The van der Waals surface area contributed by atoms with Crippen LogP contribution in [0.2, 0.25) is 0 Å². The first kappa shape index (κ1) is 15.7. The standard InChI is InChI=1S/C19H15NO4S/c1-12-18(21)20(14-4-6-15(22-2)7-5-14)19(25-12)13-3-8-16-17(11-13)24-10-9-23-16/h3-11,19H,1H2,2H3. The van der Waals surface area contributed by atoms with Gasteiger partial charge in [0.05, 0.1) is 12.0 Å². The number of fused-ring (bicyclic) bond motifs is 1. The molecule has 2 aliphatic heterocycles. The van der Waals surface area contributed by atoms with Crippen LogP contribution in [-0.4, -0.2) is 13.0 Å². The van der Waals surface area contributed by atoms with Crippen LogP contribution in [0.5, 0.6) is 17.2 Å². The molecule has 0 spiro atoms. The summed E-state index contributed by atoms with van der Waals surface area (Å²) < 4.78 is 16.1. The SMILES string of the molecule is C=C1SC(c2ccc3c(c2)OC=CO3)N(c2ccc(OC)cc2)C1=O. The first-order valence-corrected chi connectivity index (χ1v) is 8.51. The summed E-state index contributed by atoms with van der Waals surface area (Å²) in [6, 6.07) is 13.1. The zero-order chi connectivity index (χ0) is 17.4. The van der Waals surface area contributed by atoms with E-state index in [0.717, 1.165) is 17.0 Å². The Bertz CT molecular complexity index is 875. The van der Waals surface area contributed by atoms with Crippen LogP contribution in [0.25, 0.3) is 0 Å². The summed E-state index contributed by atoms with van der Waals surface area (Å²) in [6.45, 7) is 3.89. The average Bonchev–Trinajstić information content (AvgIpc) is 2.96. The van der Waals surface area contributed by atoms with Gasteiger partial charge in [0.2, 0.25) is 0 Å². The molecule has 1 unspecified atom stereocenters. The number of anilines is 1. The fourth-order valence-corrected chi connectivity index (χ4v) is 3.84. The number of amides is 1. The second-order valence-corrected chi connectivity index (χ2v) is 6.66. The molecule has 4 rings (SSSR count). The smallest absolute Gasteiger partial charge is 0.265 e. The molecule has 2 heterocycles. The minimum absolute atomic E-state index is 0.102. The van der Waals surface area contributed by atoms with E-state index in [2.05, 4.69) is 6.58 Å². The molecular formula is C19H15NO4S. The summed E-state index contributed by atoms with van der Waals surface area (Å²) in [5.74, 6) is 1.91. The maximum atomic E-state index is 12.6. The van der Waals surface area contributed by atoms with Gasteiger partial charge >= 0.3 is 0 Å². The Morgan fingerprint density at radius 1 is 1.08 bits per heavy atom.